The van der Waals surface area contributed by atoms with Crippen LogP contribution in [-0.4, -0.2) is 54.8 Å². The fourth-order valence-corrected chi connectivity index (χ4v) is 4.86. The number of amides is 2. The summed E-state index contributed by atoms with van der Waals surface area (Å²) in [6.45, 7) is 2.73. The van der Waals surface area contributed by atoms with Crippen LogP contribution in [0.2, 0.25) is 0 Å². The van der Waals surface area contributed by atoms with E-state index in [1.54, 1.807) is 31.3 Å². The van der Waals surface area contributed by atoms with Crippen molar-refractivity contribution in [3.63, 3.8) is 0 Å². The fourth-order valence-electron chi connectivity index (χ4n) is 4.86. The Morgan fingerprint density at radius 3 is 1.92 bits per heavy atom. The van der Waals surface area contributed by atoms with E-state index in [2.05, 4.69) is 53.4 Å². The van der Waals surface area contributed by atoms with Crippen LogP contribution < -0.4 is 4.90 Å². The minimum absolute atomic E-state index is 0.0692. The maximum absolute atomic E-state index is 13.6. The molecular weight excluding hydrogens is 450 g/mol. The number of hydrogen-bond donors (Lipinski definition) is 0. The zero-order valence-electron chi connectivity index (χ0n) is 20.3. The summed E-state index contributed by atoms with van der Waals surface area (Å²) in [4.78, 5) is 32.2. The van der Waals surface area contributed by atoms with Crippen LogP contribution in [0.5, 0.6) is 0 Å². The van der Waals surface area contributed by atoms with Gasteiger partial charge in [-0.05, 0) is 35.4 Å². The molecule has 0 N–H and O–H groups in total. The van der Waals surface area contributed by atoms with Crippen LogP contribution in [0, 0.1) is 0 Å². The van der Waals surface area contributed by atoms with Crippen molar-refractivity contribution in [2.45, 2.75) is 6.04 Å². The summed E-state index contributed by atoms with van der Waals surface area (Å²) < 4.78 is 5.27. The number of carbonyl (C=O) groups is 2. The molecule has 0 spiro atoms. The van der Waals surface area contributed by atoms with Gasteiger partial charge in [0.1, 0.15) is 0 Å². The highest BCUT2D eigenvalue weighted by Gasteiger charge is 2.30. The van der Waals surface area contributed by atoms with Crippen LogP contribution in [0.4, 0.5) is 5.69 Å². The van der Waals surface area contributed by atoms with Crippen molar-refractivity contribution in [3.8, 4) is 0 Å². The summed E-state index contributed by atoms with van der Waals surface area (Å²) in [7, 11) is 1.67. The number of carbonyl (C=O) groups excluding carboxylic acids is 2. The number of hydrogen-bond acceptors (Lipinski definition) is 4. The first-order chi connectivity index (χ1) is 17.6. The first-order valence-electron chi connectivity index (χ1n) is 12.2. The zero-order chi connectivity index (χ0) is 24.9. The maximum atomic E-state index is 13.6. The van der Waals surface area contributed by atoms with Crippen molar-refractivity contribution in [3.05, 3.63) is 126 Å². The molecule has 1 saturated heterocycles. The second-order valence-electron chi connectivity index (χ2n) is 8.91. The first-order valence-corrected chi connectivity index (χ1v) is 12.2. The molecule has 6 heteroatoms. The van der Waals surface area contributed by atoms with Gasteiger partial charge in [-0.25, -0.2) is 0 Å². The smallest absolute Gasteiger partial charge is 0.293 e. The fraction of sp³-hybridized carbons (Fsp3) is 0.200. The highest BCUT2D eigenvalue weighted by Crippen LogP contribution is 2.30. The number of piperazine rings is 1. The highest BCUT2D eigenvalue weighted by molar-refractivity contribution is 6.09. The van der Waals surface area contributed by atoms with Crippen molar-refractivity contribution in [2.75, 3.05) is 38.1 Å². The Labute approximate surface area is 211 Å². The quantitative estimate of drug-likeness (QED) is 0.386. The van der Waals surface area contributed by atoms with E-state index in [1.807, 2.05) is 29.2 Å². The molecule has 0 aliphatic carbocycles. The van der Waals surface area contributed by atoms with Gasteiger partial charge in [0.25, 0.3) is 11.8 Å². The molecule has 1 aliphatic heterocycles. The van der Waals surface area contributed by atoms with Crippen LogP contribution in [0.15, 0.2) is 108 Å². The third-order valence-electron chi connectivity index (χ3n) is 6.73. The zero-order valence-corrected chi connectivity index (χ0v) is 20.3. The summed E-state index contributed by atoms with van der Waals surface area (Å²) >= 11 is 0. The Morgan fingerprint density at radius 2 is 1.33 bits per heavy atom. The molecule has 4 aromatic rings. The topological polar surface area (TPSA) is 57.0 Å². The molecular formula is C30H29N3O3. The van der Waals surface area contributed by atoms with E-state index < -0.39 is 0 Å². The molecule has 6 nitrogen and oxygen atoms in total. The minimum atomic E-state index is -0.293. The van der Waals surface area contributed by atoms with Gasteiger partial charge in [-0.1, -0.05) is 72.8 Å². The molecule has 2 amide bonds. The number of benzene rings is 3. The van der Waals surface area contributed by atoms with Crippen molar-refractivity contribution in [1.82, 2.24) is 9.80 Å². The Kier molecular flexibility index (Phi) is 6.96. The van der Waals surface area contributed by atoms with Gasteiger partial charge >= 0.3 is 0 Å². The van der Waals surface area contributed by atoms with E-state index in [1.165, 1.54) is 22.3 Å². The monoisotopic (exact) mass is 479 g/mol. The second kappa shape index (κ2) is 10.6. The number of furan rings is 1. The molecule has 0 saturated carbocycles. The highest BCUT2D eigenvalue weighted by atomic mass is 16.3. The predicted octanol–water partition coefficient (Wildman–Crippen LogP) is 5.10. The Bertz CT molecular complexity index is 1260. The molecule has 3 aromatic carbocycles. The van der Waals surface area contributed by atoms with Crippen LogP contribution in [0.3, 0.4) is 0 Å². The minimum Gasteiger partial charge on any atom is -0.459 e. The summed E-state index contributed by atoms with van der Waals surface area (Å²) in [6, 6.07) is 31.7. The predicted molar refractivity (Wildman–Crippen MR) is 140 cm³/mol. The van der Waals surface area contributed by atoms with Crippen molar-refractivity contribution >= 4 is 17.5 Å². The average molecular weight is 480 g/mol. The Balaban J connectivity index is 1.33. The van der Waals surface area contributed by atoms with Gasteiger partial charge in [0.15, 0.2) is 5.76 Å². The Morgan fingerprint density at radius 1 is 0.750 bits per heavy atom. The lowest BCUT2D eigenvalue weighted by Gasteiger charge is -2.40. The summed E-state index contributed by atoms with van der Waals surface area (Å²) in [5.41, 5.74) is 3.56. The summed E-state index contributed by atoms with van der Waals surface area (Å²) in [5.74, 6) is -0.125. The maximum Gasteiger partial charge on any atom is 0.293 e. The standard InChI is InChI=1S/C30H29N3O3/c1-31(30(35)27-17-10-22-36-27)26-16-9-8-15-25(26)29(34)33-20-18-32(19-21-33)28(23-11-4-2-5-12-23)24-13-6-3-7-14-24/h2-17,22,28H,18-21H2,1H3. The van der Waals surface area contributed by atoms with Gasteiger partial charge in [-0.15, -0.1) is 0 Å². The molecule has 5 rings (SSSR count). The van der Waals surface area contributed by atoms with E-state index >= 15 is 0 Å². The lowest BCUT2D eigenvalue weighted by molar-refractivity contribution is 0.0598. The molecule has 1 fully saturated rings. The third-order valence-corrected chi connectivity index (χ3v) is 6.73. The van der Waals surface area contributed by atoms with Gasteiger partial charge < -0.3 is 14.2 Å². The summed E-state index contributed by atoms with van der Waals surface area (Å²) in [5, 5.41) is 0. The number of para-hydroxylation sites is 1. The lowest BCUT2D eigenvalue weighted by Crippen LogP contribution is -2.50. The third kappa shape index (κ3) is 4.81. The van der Waals surface area contributed by atoms with E-state index in [0.717, 1.165) is 13.1 Å². The van der Waals surface area contributed by atoms with E-state index in [0.29, 0.717) is 24.3 Å². The first kappa shape index (κ1) is 23.6. The van der Waals surface area contributed by atoms with Gasteiger partial charge in [0.2, 0.25) is 0 Å². The Hall–Kier alpha value is -4.16. The molecule has 2 heterocycles. The molecule has 36 heavy (non-hydrogen) atoms. The molecule has 0 bridgehead atoms. The number of nitrogens with zero attached hydrogens (tertiary/aromatic N) is 3. The van der Waals surface area contributed by atoms with Gasteiger partial charge in [-0.3, -0.25) is 14.5 Å². The number of anilines is 1. The molecule has 0 radical (unpaired) electrons. The van der Waals surface area contributed by atoms with Gasteiger partial charge in [-0.2, -0.15) is 0 Å². The summed E-state index contributed by atoms with van der Waals surface area (Å²) in [6.07, 6.45) is 1.47. The van der Waals surface area contributed by atoms with Crippen molar-refractivity contribution in [2.24, 2.45) is 0 Å². The SMILES string of the molecule is CN(C(=O)c1ccco1)c1ccccc1C(=O)N1CCN(C(c2ccccc2)c2ccccc2)CC1. The molecule has 0 atom stereocenters. The van der Waals surface area contributed by atoms with Crippen LogP contribution in [0.25, 0.3) is 0 Å². The molecule has 1 aromatic heterocycles. The van der Waals surface area contributed by atoms with Crippen LogP contribution in [0.1, 0.15) is 38.1 Å². The normalized spacial score (nSPS) is 14.1. The van der Waals surface area contributed by atoms with Crippen molar-refractivity contribution < 1.29 is 14.0 Å². The molecule has 0 unspecified atom stereocenters. The van der Waals surface area contributed by atoms with Crippen molar-refractivity contribution in [1.29, 1.82) is 0 Å². The van der Waals surface area contributed by atoms with Crippen LogP contribution >= 0.6 is 0 Å². The van der Waals surface area contributed by atoms with E-state index in [4.69, 9.17) is 4.42 Å². The average Bonchev–Trinajstić information content (AvgIpc) is 3.49. The molecule has 182 valence electrons. The van der Waals surface area contributed by atoms with E-state index in [-0.39, 0.29) is 23.6 Å². The lowest BCUT2D eigenvalue weighted by atomic mass is 9.96. The van der Waals surface area contributed by atoms with E-state index in [9.17, 15) is 9.59 Å². The second-order valence-corrected chi connectivity index (χ2v) is 8.91. The molecule has 1 aliphatic rings. The van der Waals surface area contributed by atoms with Gasteiger partial charge in [0.05, 0.1) is 23.6 Å². The van der Waals surface area contributed by atoms with Gasteiger partial charge in [0, 0.05) is 33.2 Å². The number of rotatable bonds is 6. The van der Waals surface area contributed by atoms with Crippen LogP contribution in [-0.2, 0) is 0 Å². The largest absolute Gasteiger partial charge is 0.459 e.